The zero-order valence-corrected chi connectivity index (χ0v) is 23.2. The summed E-state index contributed by atoms with van der Waals surface area (Å²) in [7, 11) is 0. The van der Waals surface area contributed by atoms with Crippen LogP contribution in [-0.4, -0.2) is 57.2 Å². The molecule has 4 fully saturated rings. The maximum atomic E-state index is 17.4. The molecule has 0 radical (unpaired) electrons. The Morgan fingerprint density at radius 1 is 1.29 bits per heavy atom. The summed E-state index contributed by atoms with van der Waals surface area (Å²) >= 11 is 2.18. The lowest BCUT2D eigenvalue weighted by atomic mass is 9.44. The summed E-state index contributed by atoms with van der Waals surface area (Å²) < 4.78 is 46.7. The largest absolute Gasteiger partial charge is 0.390 e. The summed E-state index contributed by atoms with van der Waals surface area (Å²) in [5.74, 6) is -2.13. The monoisotopic (exact) mass is 567 g/mol. The number of aliphatic hydroxyl groups is 1. The number of nitrogens with zero attached hydrogens (tertiary/aromatic N) is 1. The molecule has 5 aliphatic rings. The predicted octanol–water partition coefficient (Wildman–Crippen LogP) is 5.27. The standard InChI is InChI=1S/C28H32F3NO4S2/c1-15-4-5-18(38-15)13-32-12-16-8-19-20-10-22(30)21-9-17(33)6-7-25(21,2)27(20,31)23(34)11-26(19,3)28(16,36-32)24(35)37-14-29/h4-7,9,16,19-20,22-23,34H,8,10-14H2,1-3H3/t16-,19-,20-,22-,23-,25-,26-,27-,28-/m0/s1. The van der Waals surface area contributed by atoms with E-state index in [-0.39, 0.29) is 24.3 Å². The van der Waals surface area contributed by atoms with Crippen molar-refractivity contribution in [3.05, 3.63) is 45.7 Å². The molecule has 1 saturated heterocycles. The number of fused-ring (bicyclic) bond motifs is 7. The van der Waals surface area contributed by atoms with Crippen LogP contribution < -0.4 is 0 Å². The third-order valence-corrected chi connectivity index (χ3v) is 12.0. The van der Waals surface area contributed by atoms with Gasteiger partial charge in [0.1, 0.15) is 12.2 Å². The number of halogens is 3. The summed E-state index contributed by atoms with van der Waals surface area (Å²) in [4.78, 5) is 34.5. The second kappa shape index (κ2) is 8.77. The second-order valence-corrected chi connectivity index (χ2v) is 14.2. The van der Waals surface area contributed by atoms with Gasteiger partial charge in [0, 0.05) is 39.0 Å². The van der Waals surface area contributed by atoms with Crippen LogP contribution in [0.1, 0.15) is 42.9 Å². The van der Waals surface area contributed by atoms with Gasteiger partial charge in [0.25, 0.3) is 0 Å². The van der Waals surface area contributed by atoms with Gasteiger partial charge in [-0.1, -0.05) is 24.8 Å². The average Bonchev–Trinajstić information content (AvgIpc) is 3.50. The SMILES string of the molecule is Cc1ccc(CN2C[C@@H]3C[C@H]4[C@@H]5C[C@H](F)C6=CC(=O)C=C[C@]6(C)[C@@]5(F)[C@@H](O)C[C@]4(C)[C@]3(C(=O)SCF)O2)s1. The Labute approximate surface area is 228 Å². The van der Waals surface area contributed by atoms with Crippen molar-refractivity contribution >= 4 is 34.0 Å². The molecule has 1 N–H and O–H groups in total. The van der Waals surface area contributed by atoms with E-state index in [0.717, 1.165) is 9.75 Å². The van der Waals surface area contributed by atoms with E-state index < -0.39 is 63.1 Å². The van der Waals surface area contributed by atoms with Gasteiger partial charge in [0.2, 0.25) is 5.12 Å². The number of aryl methyl sites for hydroxylation is 1. The summed E-state index contributed by atoms with van der Waals surface area (Å²) in [6.45, 7) is 6.26. The smallest absolute Gasteiger partial charge is 0.226 e. The summed E-state index contributed by atoms with van der Waals surface area (Å²) in [6, 6.07) is 3.10. The number of hydroxylamine groups is 2. The van der Waals surface area contributed by atoms with Crippen molar-refractivity contribution in [1.82, 2.24) is 5.06 Å². The first kappa shape index (κ1) is 26.7. The Morgan fingerprint density at radius 2 is 2.05 bits per heavy atom. The number of alkyl halides is 3. The van der Waals surface area contributed by atoms with E-state index in [4.69, 9.17) is 4.84 Å². The van der Waals surface area contributed by atoms with Crippen LogP contribution in [0.15, 0.2) is 35.9 Å². The van der Waals surface area contributed by atoms with E-state index in [2.05, 4.69) is 0 Å². The normalized spacial score (nSPS) is 45.8. The first-order valence-corrected chi connectivity index (χ1v) is 14.9. The average molecular weight is 568 g/mol. The van der Waals surface area contributed by atoms with Gasteiger partial charge in [-0.2, -0.15) is 5.06 Å². The molecular weight excluding hydrogens is 535 g/mol. The molecule has 0 unspecified atom stereocenters. The predicted molar refractivity (Wildman–Crippen MR) is 139 cm³/mol. The molecular formula is C28H32F3NO4S2. The Kier molecular flexibility index (Phi) is 6.17. The zero-order valence-electron chi connectivity index (χ0n) is 21.6. The number of aliphatic hydroxyl groups excluding tert-OH is 1. The quantitative estimate of drug-likeness (QED) is 0.535. The van der Waals surface area contributed by atoms with Crippen LogP contribution in [0.25, 0.3) is 0 Å². The number of carbonyl (C=O) groups is 2. The van der Waals surface area contributed by atoms with Gasteiger partial charge in [-0.25, -0.2) is 13.2 Å². The lowest BCUT2D eigenvalue weighted by molar-refractivity contribution is -0.266. The van der Waals surface area contributed by atoms with Gasteiger partial charge < -0.3 is 5.11 Å². The van der Waals surface area contributed by atoms with E-state index in [9.17, 15) is 19.1 Å². The van der Waals surface area contributed by atoms with Gasteiger partial charge in [0.05, 0.1) is 12.6 Å². The highest BCUT2D eigenvalue weighted by Crippen LogP contribution is 2.73. The molecule has 1 aromatic heterocycles. The Bertz CT molecular complexity index is 1250. The Morgan fingerprint density at radius 3 is 2.74 bits per heavy atom. The molecule has 206 valence electrons. The van der Waals surface area contributed by atoms with Crippen LogP contribution in [-0.2, 0) is 21.0 Å². The maximum Gasteiger partial charge on any atom is 0.226 e. The van der Waals surface area contributed by atoms with E-state index in [0.29, 0.717) is 31.3 Å². The molecule has 0 spiro atoms. The minimum Gasteiger partial charge on any atom is -0.390 e. The molecule has 4 aliphatic carbocycles. The first-order chi connectivity index (χ1) is 17.9. The maximum absolute atomic E-state index is 17.4. The molecule has 1 aromatic rings. The molecule has 5 nitrogen and oxygen atoms in total. The van der Waals surface area contributed by atoms with Crippen LogP contribution in [0.4, 0.5) is 13.2 Å². The molecule has 3 saturated carbocycles. The summed E-state index contributed by atoms with van der Waals surface area (Å²) in [5.41, 5.74) is -6.15. The molecule has 9 atom stereocenters. The molecule has 0 aromatic carbocycles. The second-order valence-electron chi connectivity index (χ2n) is 12.0. The van der Waals surface area contributed by atoms with Crippen LogP contribution in [0.2, 0.25) is 0 Å². The van der Waals surface area contributed by atoms with Crippen molar-refractivity contribution in [2.75, 3.05) is 12.6 Å². The summed E-state index contributed by atoms with van der Waals surface area (Å²) in [6.07, 6.45) is 0.861. The lowest BCUT2D eigenvalue weighted by Crippen LogP contribution is -2.70. The van der Waals surface area contributed by atoms with Crippen molar-refractivity contribution in [2.45, 2.75) is 70.1 Å². The van der Waals surface area contributed by atoms with Crippen LogP contribution in [0, 0.1) is 35.5 Å². The van der Waals surface area contributed by atoms with Crippen LogP contribution in [0.3, 0.4) is 0 Å². The summed E-state index contributed by atoms with van der Waals surface area (Å²) in [5, 5.41) is 12.9. The fourth-order valence-electron chi connectivity index (χ4n) is 8.66. The van der Waals surface area contributed by atoms with Gasteiger partial charge in [0.15, 0.2) is 17.1 Å². The topological polar surface area (TPSA) is 66.8 Å². The Balaban J connectivity index is 1.41. The third kappa shape index (κ3) is 3.30. The van der Waals surface area contributed by atoms with Gasteiger partial charge in [-0.15, -0.1) is 11.3 Å². The van der Waals surface area contributed by atoms with E-state index in [1.807, 2.05) is 26.0 Å². The van der Waals surface area contributed by atoms with Crippen molar-refractivity contribution in [2.24, 2.45) is 28.6 Å². The highest BCUT2D eigenvalue weighted by molar-refractivity contribution is 8.13. The van der Waals surface area contributed by atoms with Crippen molar-refractivity contribution in [1.29, 1.82) is 0 Å². The van der Waals surface area contributed by atoms with Gasteiger partial charge in [-0.3, -0.25) is 14.4 Å². The number of thiophene rings is 1. The van der Waals surface area contributed by atoms with E-state index in [1.54, 1.807) is 23.3 Å². The lowest BCUT2D eigenvalue weighted by Gasteiger charge is -2.63. The van der Waals surface area contributed by atoms with Gasteiger partial charge >= 0.3 is 0 Å². The number of hydrogen-bond donors (Lipinski definition) is 1. The number of rotatable bonds is 4. The zero-order chi connectivity index (χ0) is 27.3. The fraction of sp³-hybridized carbons (Fsp3) is 0.643. The molecule has 10 heteroatoms. The third-order valence-electron chi connectivity index (χ3n) is 10.3. The fourth-order valence-corrected chi connectivity index (χ4v) is 10.3. The molecule has 0 bridgehead atoms. The first-order valence-electron chi connectivity index (χ1n) is 13.1. The van der Waals surface area contributed by atoms with Crippen molar-refractivity contribution in [3.63, 3.8) is 0 Å². The van der Waals surface area contributed by atoms with Crippen LogP contribution in [0.5, 0.6) is 0 Å². The molecule has 0 amide bonds. The highest BCUT2D eigenvalue weighted by atomic mass is 32.2. The molecule has 2 heterocycles. The number of hydrogen-bond acceptors (Lipinski definition) is 7. The Hall–Kier alpha value is -1.46. The number of thioether (sulfide) groups is 1. The number of allylic oxidation sites excluding steroid dienone is 4. The highest BCUT2D eigenvalue weighted by Gasteiger charge is 2.79. The van der Waals surface area contributed by atoms with Crippen molar-refractivity contribution < 1.29 is 32.7 Å². The minimum atomic E-state index is -2.23. The minimum absolute atomic E-state index is 0.0667. The van der Waals surface area contributed by atoms with Crippen LogP contribution >= 0.6 is 23.1 Å². The van der Waals surface area contributed by atoms with E-state index >= 15 is 8.78 Å². The van der Waals surface area contributed by atoms with Gasteiger partial charge in [-0.05, 0) is 68.9 Å². The number of carbonyl (C=O) groups excluding carboxylic acids is 2. The van der Waals surface area contributed by atoms with E-state index in [1.165, 1.54) is 18.2 Å². The molecule has 6 rings (SSSR count). The molecule has 1 aliphatic heterocycles. The van der Waals surface area contributed by atoms with Crippen molar-refractivity contribution in [3.8, 4) is 0 Å². The molecule has 38 heavy (non-hydrogen) atoms. The number of ketones is 1.